The predicted octanol–water partition coefficient (Wildman–Crippen LogP) is 3.09. The van der Waals surface area contributed by atoms with E-state index in [2.05, 4.69) is 37.2 Å². The number of hydrogen-bond acceptors (Lipinski definition) is 2. The van der Waals surface area contributed by atoms with Crippen LogP contribution in [0.25, 0.3) is 0 Å². The molecule has 0 bridgehead atoms. The Morgan fingerprint density at radius 1 is 1.20 bits per heavy atom. The Labute approximate surface area is 135 Å². The lowest BCUT2D eigenvalue weighted by Crippen LogP contribution is -2.64. The lowest BCUT2D eigenvalue weighted by molar-refractivity contribution is -0.134. The molecule has 108 valence electrons. The van der Waals surface area contributed by atoms with E-state index < -0.39 is 12.1 Å². The summed E-state index contributed by atoms with van der Waals surface area (Å²) < 4.78 is 1.56. The van der Waals surface area contributed by atoms with Crippen LogP contribution in [0.5, 0.6) is 0 Å². The van der Waals surface area contributed by atoms with Crippen molar-refractivity contribution < 1.29 is 9.59 Å². The first-order valence-electron chi connectivity index (χ1n) is 6.42. The number of anilines is 1. The Balaban J connectivity index is 2.52. The average molecular weight is 404 g/mol. The van der Waals surface area contributed by atoms with E-state index in [-0.39, 0.29) is 17.7 Å². The number of carbonyl (C=O) groups excluding carboxylic acids is 2. The van der Waals surface area contributed by atoms with Crippen LogP contribution in [0.1, 0.15) is 20.8 Å². The fourth-order valence-electron chi connectivity index (χ4n) is 2.27. The van der Waals surface area contributed by atoms with Crippen LogP contribution in [0.2, 0.25) is 0 Å². The van der Waals surface area contributed by atoms with Gasteiger partial charge in [-0.1, -0.05) is 19.9 Å². The molecule has 2 atom stereocenters. The largest absolute Gasteiger partial charge is 0.342 e. The summed E-state index contributed by atoms with van der Waals surface area (Å²) >= 11 is 6.92. The molecule has 0 spiro atoms. The molecule has 0 saturated carbocycles. The van der Waals surface area contributed by atoms with Gasteiger partial charge in [-0.25, -0.2) is 0 Å². The fraction of sp³-hybridized carbons (Fsp3) is 0.429. The summed E-state index contributed by atoms with van der Waals surface area (Å²) in [5, 5.41) is 2.79. The van der Waals surface area contributed by atoms with E-state index in [0.29, 0.717) is 5.69 Å². The van der Waals surface area contributed by atoms with Gasteiger partial charge in [-0.2, -0.15) is 0 Å². The normalized spacial score (nSPS) is 23.2. The molecule has 0 radical (unpaired) electrons. The van der Waals surface area contributed by atoms with Gasteiger partial charge in [0.05, 0.1) is 5.69 Å². The zero-order valence-corrected chi connectivity index (χ0v) is 14.7. The van der Waals surface area contributed by atoms with Crippen LogP contribution in [0.3, 0.4) is 0 Å². The molecule has 0 aromatic heterocycles. The molecule has 20 heavy (non-hydrogen) atoms. The summed E-state index contributed by atoms with van der Waals surface area (Å²) in [6, 6.07) is 4.57. The molecule has 1 aromatic rings. The lowest BCUT2D eigenvalue weighted by Gasteiger charge is -2.39. The number of para-hydroxylation sites is 1. The third-order valence-corrected chi connectivity index (χ3v) is 4.69. The first-order valence-corrected chi connectivity index (χ1v) is 8.00. The van der Waals surface area contributed by atoms with E-state index in [1.807, 2.05) is 32.0 Å². The highest BCUT2D eigenvalue weighted by atomic mass is 79.9. The van der Waals surface area contributed by atoms with Crippen molar-refractivity contribution in [2.45, 2.75) is 32.9 Å². The Bertz CT molecular complexity index is 540. The van der Waals surface area contributed by atoms with Crippen LogP contribution in [0.4, 0.5) is 5.69 Å². The average Bonchev–Trinajstić information content (AvgIpc) is 2.37. The van der Waals surface area contributed by atoms with Crippen molar-refractivity contribution >= 4 is 49.4 Å². The lowest BCUT2D eigenvalue weighted by atomic mass is 9.98. The second-order valence-corrected chi connectivity index (χ2v) is 6.89. The number of piperazine rings is 1. The van der Waals surface area contributed by atoms with Gasteiger partial charge in [-0.15, -0.1) is 0 Å². The number of benzene rings is 1. The molecule has 6 heteroatoms. The van der Waals surface area contributed by atoms with Crippen molar-refractivity contribution in [2.75, 3.05) is 4.90 Å². The molecule has 1 saturated heterocycles. The number of amides is 2. The molecule has 1 aliphatic heterocycles. The monoisotopic (exact) mass is 402 g/mol. The minimum atomic E-state index is -0.535. The molecule has 1 N–H and O–H groups in total. The van der Waals surface area contributed by atoms with Crippen LogP contribution in [-0.4, -0.2) is 23.9 Å². The van der Waals surface area contributed by atoms with Crippen LogP contribution in [0.15, 0.2) is 27.1 Å². The molecule has 2 rings (SSSR count). The Morgan fingerprint density at radius 3 is 2.25 bits per heavy atom. The van der Waals surface area contributed by atoms with Crippen LogP contribution in [0, 0.1) is 5.92 Å². The van der Waals surface area contributed by atoms with Gasteiger partial charge in [0.15, 0.2) is 0 Å². The summed E-state index contributed by atoms with van der Waals surface area (Å²) in [6.45, 7) is 5.58. The molecular formula is C14H16Br2N2O2. The molecule has 4 nitrogen and oxygen atoms in total. The van der Waals surface area contributed by atoms with Crippen molar-refractivity contribution in [1.82, 2.24) is 5.32 Å². The minimum absolute atomic E-state index is 0.0442. The molecule has 1 aliphatic rings. The maximum absolute atomic E-state index is 12.7. The third kappa shape index (κ3) is 2.63. The maximum atomic E-state index is 12.7. The van der Waals surface area contributed by atoms with Gasteiger partial charge in [0.25, 0.3) is 5.91 Å². The van der Waals surface area contributed by atoms with E-state index in [1.165, 1.54) is 0 Å². The summed E-state index contributed by atoms with van der Waals surface area (Å²) in [5.74, 6) is -0.173. The zero-order chi connectivity index (χ0) is 15.0. The van der Waals surface area contributed by atoms with Gasteiger partial charge in [0.2, 0.25) is 5.91 Å². The topological polar surface area (TPSA) is 49.4 Å². The molecule has 1 heterocycles. The third-order valence-electron chi connectivity index (χ3n) is 3.41. The van der Waals surface area contributed by atoms with Crippen molar-refractivity contribution in [3.05, 3.63) is 27.1 Å². The highest BCUT2D eigenvalue weighted by Crippen LogP contribution is 2.37. The SMILES string of the molecule is CC(C)C1NC(=O)C(C)N(c2c(Br)cccc2Br)C1=O. The van der Waals surface area contributed by atoms with Crippen molar-refractivity contribution in [2.24, 2.45) is 5.92 Å². The summed E-state index contributed by atoms with van der Waals surface area (Å²) in [5.41, 5.74) is 0.700. The summed E-state index contributed by atoms with van der Waals surface area (Å²) in [7, 11) is 0. The number of nitrogens with zero attached hydrogens (tertiary/aromatic N) is 1. The molecule has 2 unspecified atom stereocenters. The fourth-order valence-corrected chi connectivity index (χ4v) is 3.65. The smallest absolute Gasteiger partial charge is 0.250 e. The van der Waals surface area contributed by atoms with Gasteiger partial charge in [-0.3, -0.25) is 14.5 Å². The van der Waals surface area contributed by atoms with Gasteiger partial charge in [0, 0.05) is 8.95 Å². The van der Waals surface area contributed by atoms with E-state index in [4.69, 9.17) is 0 Å². The van der Waals surface area contributed by atoms with Crippen molar-refractivity contribution in [3.63, 3.8) is 0 Å². The number of halogens is 2. The maximum Gasteiger partial charge on any atom is 0.250 e. The highest BCUT2D eigenvalue weighted by molar-refractivity contribution is 9.11. The highest BCUT2D eigenvalue weighted by Gasteiger charge is 2.41. The molecule has 2 amide bonds. The van der Waals surface area contributed by atoms with Crippen LogP contribution in [-0.2, 0) is 9.59 Å². The first kappa shape index (κ1) is 15.5. The van der Waals surface area contributed by atoms with Crippen LogP contribution < -0.4 is 10.2 Å². The summed E-state index contributed by atoms with van der Waals surface area (Å²) in [4.78, 5) is 26.4. The van der Waals surface area contributed by atoms with Crippen LogP contribution >= 0.6 is 31.9 Å². The van der Waals surface area contributed by atoms with E-state index >= 15 is 0 Å². The van der Waals surface area contributed by atoms with Crippen molar-refractivity contribution in [1.29, 1.82) is 0 Å². The Kier molecular flexibility index (Phi) is 4.54. The van der Waals surface area contributed by atoms with Crippen molar-refractivity contribution in [3.8, 4) is 0 Å². The van der Waals surface area contributed by atoms with Gasteiger partial charge < -0.3 is 5.32 Å². The Morgan fingerprint density at radius 2 is 1.75 bits per heavy atom. The van der Waals surface area contributed by atoms with E-state index in [0.717, 1.165) is 8.95 Å². The predicted molar refractivity (Wildman–Crippen MR) is 85.6 cm³/mol. The number of nitrogens with one attached hydrogen (secondary N) is 1. The molecule has 1 fully saturated rings. The number of rotatable bonds is 2. The molecular weight excluding hydrogens is 388 g/mol. The number of carbonyl (C=O) groups is 2. The zero-order valence-electron chi connectivity index (χ0n) is 11.5. The second kappa shape index (κ2) is 5.85. The quantitative estimate of drug-likeness (QED) is 0.824. The van der Waals surface area contributed by atoms with E-state index in [9.17, 15) is 9.59 Å². The standard InChI is InChI=1S/C14H16Br2N2O2/c1-7(2)11-14(20)18(8(3)13(19)17-11)12-9(15)5-4-6-10(12)16/h4-8,11H,1-3H3,(H,17,19). The first-order chi connectivity index (χ1) is 9.34. The molecule has 0 aliphatic carbocycles. The van der Waals surface area contributed by atoms with Gasteiger partial charge in [0.1, 0.15) is 12.1 Å². The van der Waals surface area contributed by atoms with Gasteiger partial charge in [-0.05, 0) is 56.8 Å². The number of hydrogen-bond donors (Lipinski definition) is 1. The minimum Gasteiger partial charge on any atom is -0.342 e. The van der Waals surface area contributed by atoms with E-state index in [1.54, 1.807) is 11.8 Å². The van der Waals surface area contributed by atoms with Gasteiger partial charge >= 0.3 is 0 Å². The second-order valence-electron chi connectivity index (χ2n) is 5.18. The summed E-state index contributed by atoms with van der Waals surface area (Å²) in [6.07, 6.45) is 0. The Hall–Kier alpha value is -0.880. The molecule has 1 aromatic carbocycles.